The van der Waals surface area contributed by atoms with Gasteiger partial charge in [0.15, 0.2) is 56.0 Å². The second-order valence-corrected chi connectivity index (χ2v) is 6.58. The van der Waals surface area contributed by atoms with Crippen molar-refractivity contribution in [3.63, 3.8) is 0 Å². The van der Waals surface area contributed by atoms with E-state index >= 15 is 0 Å². The van der Waals surface area contributed by atoms with Crippen molar-refractivity contribution in [2.24, 2.45) is 0 Å². The molecule has 34 heavy (non-hydrogen) atoms. The van der Waals surface area contributed by atoms with Crippen LogP contribution in [0.3, 0.4) is 0 Å². The molecule has 2 rings (SSSR count). The van der Waals surface area contributed by atoms with Crippen molar-refractivity contribution in [2.45, 2.75) is 0 Å². The van der Waals surface area contributed by atoms with Gasteiger partial charge in [-0.15, -0.1) is 0 Å². The third kappa shape index (κ3) is 7.63. The summed E-state index contributed by atoms with van der Waals surface area (Å²) in [5, 5.41) is 0. The number of benzene rings is 2. The van der Waals surface area contributed by atoms with Crippen molar-refractivity contribution in [3.05, 3.63) is 47.5 Å². The van der Waals surface area contributed by atoms with Crippen LogP contribution in [0.1, 0.15) is 15.9 Å². The first kappa shape index (κ1) is 26.9. The number of ketones is 1. The molecule has 0 aliphatic rings. The van der Waals surface area contributed by atoms with Gasteiger partial charge in [-0.05, 0) is 30.4 Å². The highest BCUT2D eigenvalue weighted by Crippen LogP contribution is 2.39. The summed E-state index contributed by atoms with van der Waals surface area (Å²) in [6, 6.07) is 8.40. The third-order valence-electron chi connectivity index (χ3n) is 4.26. The second-order valence-electron chi connectivity index (χ2n) is 6.58. The Morgan fingerprint density at radius 3 is 1.76 bits per heavy atom. The topological polar surface area (TPSA) is 100 Å². The van der Waals surface area contributed by atoms with E-state index in [0.29, 0.717) is 22.6 Å². The summed E-state index contributed by atoms with van der Waals surface area (Å²) in [6.45, 7) is -0.159. The summed E-state index contributed by atoms with van der Waals surface area (Å²) >= 11 is 0. The molecular formula is C24H30O10. The molecule has 10 nitrogen and oxygen atoms in total. The Labute approximate surface area is 198 Å². The summed E-state index contributed by atoms with van der Waals surface area (Å²) in [7, 11) is 7.49. The Morgan fingerprint density at radius 1 is 0.706 bits per heavy atom. The normalized spacial score (nSPS) is 10.9. The molecule has 2 aromatic rings. The van der Waals surface area contributed by atoms with Gasteiger partial charge in [0, 0.05) is 39.6 Å². The van der Waals surface area contributed by atoms with Gasteiger partial charge < -0.3 is 42.6 Å². The van der Waals surface area contributed by atoms with E-state index in [2.05, 4.69) is 0 Å². The lowest BCUT2D eigenvalue weighted by atomic mass is 10.1. The number of allylic oxidation sites excluding steroid dienone is 1. The van der Waals surface area contributed by atoms with E-state index in [9.17, 15) is 4.79 Å². The standard InChI is InChI=1S/C24H30O10/c1-26-13-31-21-11-18(12-22(32-14-27-2)24(21)34-16-29-4)19(25)10-9-17-7-6-8-20(30-5)23(17)33-15-28-3/h6-12H,13-16H2,1-5H3/b10-9+. The fraction of sp³-hybridized carbons (Fsp3) is 0.375. The third-order valence-corrected chi connectivity index (χ3v) is 4.26. The van der Waals surface area contributed by atoms with Crippen molar-refractivity contribution in [2.75, 3.05) is 62.7 Å². The summed E-state index contributed by atoms with van der Waals surface area (Å²) in [5.41, 5.74) is 0.928. The van der Waals surface area contributed by atoms with Crippen molar-refractivity contribution >= 4 is 11.9 Å². The van der Waals surface area contributed by atoms with E-state index in [1.54, 1.807) is 24.3 Å². The van der Waals surface area contributed by atoms with Crippen LogP contribution in [-0.2, 0) is 18.9 Å². The Hall–Kier alpha value is -3.31. The minimum Gasteiger partial charge on any atom is -0.493 e. The van der Waals surface area contributed by atoms with E-state index in [1.165, 1.54) is 53.8 Å². The number of methoxy groups -OCH3 is 5. The second kappa shape index (κ2) is 14.8. The minimum atomic E-state index is -0.316. The van der Waals surface area contributed by atoms with Gasteiger partial charge in [0.05, 0.1) is 7.11 Å². The maximum absolute atomic E-state index is 13.1. The molecule has 186 valence electrons. The Bertz CT molecular complexity index is 912. The lowest BCUT2D eigenvalue weighted by molar-refractivity contribution is 0.0217. The lowest BCUT2D eigenvalue weighted by Crippen LogP contribution is -2.09. The number of hydrogen-bond donors (Lipinski definition) is 0. The molecular weight excluding hydrogens is 448 g/mol. The first-order valence-corrected chi connectivity index (χ1v) is 10.1. The predicted molar refractivity (Wildman–Crippen MR) is 123 cm³/mol. The summed E-state index contributed by atoms with van der Waals surface area (Å²) < 4.78 is 47.7. The highest BCUT2D eigenvalue weighted by Gasteiger charge is 2.19. The van der Waals surface area contributed by atoms with E-state index in [-0.39, 0.29) is 50.2 Å². The zero-order valence-electron chi connectivity index (χ0n) is 20.0. The van der Waals surface area contributed by atoms with Crippen LogP contribution in [0.25, 0.3) is 6.08 Å². The van der Waals surface area contributed by atoms with Crippen molar-refractivity contribution in [1.29, 1.82) is 0 Å². The maximum Gasteiger partial charge on any atom is 0.206 e. The van der Waals surface area contributed by atoms with Crippen LogP contribution >= 0.6 is 0 Å². The number of para-hydroxylation sites is 1. The van der Waals surface area contributed by atoms with Crippen LogP contribution in [0.2, 0.25) is 0 Å². The first-order chi connectivity index (χ1) is 16.6. The van der Waals surface area contributed by atoms with Crippen LogP contribution in [-0.4, -0.2) is 68.5 Å². The number of rotatable bonds is 16. The smallest absolute Gasteiger partial charge is 0.206 e. The zero-order chi connectivity index (χ0) is 24.8. The van der Waals surface area contributed by atoms with Crippen LogP contribution in [0, 0.1) is 0 Å². The molecule has 0 radical (unpaired) electrons. The molecule has 0 N–H and O–H groups in total. The highest BCUT2D eigenvalue weighted by atomic mass is 16.7. The molecule has 2 aromatic carbocycles. The largest absolute Gasteiger partial charge is 0.493 e. The van der Waals surface area contributed by atoms with Gasteiger partial charge in [-0.1, -0.05) is 12.1 Å². The van der Waals surface area contributed by atoms with Gasteiger partial charge in [-0.25, -0.2) is 0 Å². The van der Waals surface area contributed by atoms with E-state index in [0.717, 1.165) is 0 Å². The Balaban J connectivity index is 2.42. The number of carbonyl (C=O) groups is 1. The van der Waals surface area contributed by atoms with Gasteiger partial charge in [0.1, 0.15) is 0 Å². The van der Waals surface area contributed by atoms with E-state index in [1.807, 2.05) is 0 Å². The molecule has 0 spiro atoms. The molecule has 0 aliphatic heterocycles. The molecule has 0 aromatic heterocycles. The van der Waals surface area contributed by atoms with Crippen LogP contribution in [0.15, 0.2) is 36.4 Å². The fourth-order valence-electron chi connectivity index (χ4n) is 2.80. The Morgan fingerprint density at radius 2 is 1.24 bits per heavy atom. The molecule has 0 atom stereocenters. The van der Waals surface area contributed by atoms with Gasteiger partial charge in [-0.2, -0.15) is 0 Å². The molecule has 0 saturated carbocycles. The SMILES string of the molecule is COCOc1cc(C(=O)/C=C/c2cccc(OC)c2OCOC)cc(OCOC)c1OCOC. The number of hydrogen-bond acceptors (Lipinski definition) is 10. The summed E-state index contributed by atoms with van der Waals surface area (Å²) in [4.78, 5) is 13.1. The van der Waals surface area contributed by atoms with Crippen LogP contribution in [0.5, 0.6) is 28.7 Å². The summed E-state index contributed by atoms with van der Waals surface area (Å²) in [5.74, 6) is 1.39. The molecule has 0 bridgehead atoms. The van der Waals surface area contributed by atoms with Gasteiger partial charge >= 0.3 is 0 Å². The van der Waals surface area contributed by atoms with E-state index in [4.69, 9.17) is 42.6 Å². The molecule has 0 unspecified atom stereocenters. The maximum atomic E-state index is 13.1. The molecule has 0 saturated heterocycles. The minimum absolute atomic E-state index is 0.0263. The highest BCUT2D eigenvalue weighted by molar-refractivity contribution is 6.07. The predicted octanol–water partition coefficient (Wildman–Crippen LogP) is 3.52. The first-order valence-electron chi connectivity index (χ1n) is 10.1. The van der Waals surface area contributed by atoms with Gasteiger partial charge in [-0.3, -0.25) is 4.79 Å². The molecule has 0 heterocycles. The summed E-state index contributed by atoms with van der Waals surface area (Å²) in [6.07, 6.45) is 3.02. The number of carbonyl (C=O) groups excluding carboxylic acids is 1. The lowest BCUT2D eigenvalue weighted by Gasteiger charge is -2.17. The van der Waals surface area contributed by atoms with Crippen molar-refractivity contribution < 1.29 is 47.4 Å². The Kier molecular flexibility index (Phi) is 11.7. The van der Waals surface area contributed by atoms with Crippen molar-refractivity contribution in [1.82, 2.24) is 0 Å². The number of ether oxygens (including phenoxy) is 9. The van der Waals surface area contributed by atoms with Gasteiger partial charge in [0.25, 0.3) is 0 Å². The van der Waals surface area contributed by atoms with Crippen LogP contribution < -0.4 is 23.7 Å². The van der Waals surface area contributed by atoms with Crippen LogP contribution in [0.4, 0.5) is 0 Å². The molecule has 0 aliphatic carbocycles. The quantitative estimate of drug-likeness (QED) is 0.202. The van der Waals surface area contributed by atoms with E-state index < -0.39 is 0 Å². The van der Waals surface area contributed by atoms with Crippen molar-refractivity contribution in [3.8, 4) is 28.7 Å². The molecule has 10 heteroatoms. The molecule has 0 fully saturated rings. The zero-order valence-corrected chi connectivity index (χ0v) is 20.0. The van der Waals surface area contributed by atoms with Gasteiger partial charge in [0.2, 0.25) is 5.75 Å². The molecule has 0 amide bonds. The average molecular weight is 478 g/mol. The fourth-order valence-corrected chi connectivity index (χ4v) is 2.80. The average Bonchev–Trinajstić information content (AvgIpc) is 2.86. The monoisotopic (exact) mass is 478 g/mol.